The second kappa shape index (κ2) is 10.2. The number of hydrogen-bond donors (Lipinski definition) is 2. The predicted octanol–water partition coefficient (Wildman–Crippen LogP) is 4.02. The smallest absolute Gasteiger partial charge is 0.318 e. The number of imide groups is 1. The molecule has 168 valence electrons. The van der Waals surface area contributed by atoms with Crippen LogP contribution >= 0.6 is 11.8 Å². The molecule has 31 heavy (non-hydrogen) atoms. The van der Waals surface area contributed by atoms with Gasteiger partial charge in [0.05, 0.1) is 12.4 Å². The van der Waals surface area contributed by atoms with E-state index < -0.39 is 17.2 Å². The van der Waals surface area contributed by atoms with E-state index in [4.69, 9.17) is 10.5 Å². The molecule has 1 aromatic carbocycles. The molecule has 2 aromatic rings. The number of nitrogens with one attached hydrogen (secondary N) is 1. The third-order valence-corrected chi connectivity index (χ3v) is 7.25. The number of primary amides is 1. The van der Waals surface area contributed by atoms with E-state index in [1.54, 1.807) is 7.11 Å². The Morgan fingerprint density at radius 1 is 1.19 bits per heavy atom. The summed E-state index contributed by atoms with van der Waals surface area (Å²) < 4.78 is 7.47. The molecular formula is C22H31N5O3S. The van der Waals surface area contributed by atoms with Crippen LogP contribution in [0.1, 0.15) is 52.5 Å². The lowest BCUT2D eigenvalue weighted by Crippen LogP contribution is -2.42. The summed E-state index contributed by atoms with van der Waals surface area (Å²) in [6, 6.07) is 7.15. The van der Waals surface area contributed by atoms with Gasteiger partial charge in [-0.2, -0.15) is 0 Å². The number of amides is 3. The van der Waals surface area contributed by atoms with Gasteiger partial charge in [0.2, 0.25) is 5.91 Å². The first kappa shape index (κ1) is 23.1. The van der Waals surface area contributed by atoms with Crippen LogP contribution in [0.4, 0.5) is 4.79 Å². The summed E-state index contributed by atoms with van der Waals surface area (Å²) in [5.74, 6) is 1.59. The van der Waals surface area contributed by atoms with E-state index in [0.717, 1.165) is 36.4 Å². The van der Waals surface area contributed by atoms with Crippen molar-refractivity contribution in [1.82, 2.24) is 20.1 Å². The lowest BCUT2D eigenvalue weighted by molar-refractivity contribution is -0.120. The fraction of sp³-hybridized carbons (Fsp3) is 0.545. The molecule has 0 saturated heterocycles. The van der Waals surface area contributed by atoms with Crippen molar-refractivity contribution >= 4 is 23.7 Å². The molecule has 0 unspecified atom stereocenters. The maximum absolute atomic E-state index is 12.6. The average Bonchev–Trinajstić information content (AvgIpc) is 3.15. The molecule has 1 heterocycles. The number of carbonyl (C=O) groups excluding carboxylic acids is 2. The molecule has 1 aromatic heterocycles. The molecule has 8 nitrogen and oxygen atoms in total. The van der Waals surface area contributed by atoms with Gasteiger partial charge in [0.15, 0.2) is 11.0 Å². The minimum atomic E-state index is -0.849. The number of hydrogen-bond acceptors (Lipinski definition) is 6. The van der Waals surface area contributed by atoms with Crippen LogP contribution in [0.2, 0.25) is 0 Å². The van der Waals surface area contributed by atoms with Crippen LogP contribution in [0.3, 0.4) is 0 Å². The number of urea groups is 1. The molecule has 3 atom stereocenters. The Morgan fingerprint density at radius 3 is 2.45 bits per heavy atom. The van der Waals surface area contributed by atoms with Crippen molar-refractivity contribution in [3.8, 4) is 17.1 Å². The Bertz CT molecular complexity index is 912. The Kier molecular flexibility index (Phi) is 7.59. The van der Waals surface area contributed by atoms with Gasteiger partial charge in [0.25, 0.3) is 0 Å². The van der Waals surface area contributed by atoms with Gasteiger partial charge in [-0.05, 0) is 48.9 Å². The summed E-state index contributed by atoms with van der Waals surface area (Å²) in [6.07, 6.45) is 4.55. The first-order valence-electron chi connectivity index (χ1n) is 10.7. The Morgan fingerprint density at radius 2 is 1.87 bits per heavy atom. The summed E-state index contributed by atoms with van der Waals surface area (Å²) in [4.78, 5) is 23.8. The van der Waals surface area contributed by atoms with Crippen molar-refractivity contribution in [3.63, 3.8) is 0 Å². The summed E-state index contributed by atoms with van der Waals surface area (Å²) in [6.45, 7) is 6.13. The van der Waals surface area contributed by atoms with Gasteiger partial charge in [-0.15, -0.1) is 10.2 Å². The number of ether oxygens (including phenoxy) is 1. The van der Waals surface area contributed by atoms with Gasteiger partial charge < -0.3 is 10.5 Å². The highest BCUT2D eigenvalue weighted by Crippen LogP contribution is 2.40. The van der Waals surface area contributed by atoms with Crippen molar-refractivity contribution in [1.29, 1.82) is 0 Å². The number of aromatic nitrogens is 3. The number of nitrogens with zero attached hydrogens (tertiary/aromatic N) is 3. The molecule has 1 aliphatic rings. The van der Waals surface area contributed by atoms with Gasteiger partial charge >= 0.3 is 6.03 Å². The summed E-state index contributed by atoms with van der Waals surface area (Å²) >= 11 is 1.34. The normalized spacial score (nSPS) is 19.8. The lowest BCUT2D eigenvalue weighted by atomic mass is 9.85. The topological polar surface area (TPSA) is 112 Å². The molecule has 3 amide bonds. The van der Waals surface area contributed by atoms with Crippen molar-refractivity contribution in [2.45, 2.75) is 62.9 Å². The third kappa shape index (κ3) is 5.39. The summed E-state index contributed by atoms with van der Waals surface area (Å²) in [7, 11) is 1.64. The molecule has 9 heteroatoms. The van der Waals surface area contributed by atoms with Crippen LogP contribution < -0.4 is 15.8 Å². The quantitative estimate of drug-likeness (QED) is 0.623. The molecule has 3 rings (SSSR count). The zero-order valence-electron chi connectivity index (χ0n) is 18.5. The van der Waals surface area contributed by atoms with Gasteiger partial charge in [0, 0.05) is 11.6 Å². The molecule has 0 aliphatic heterocycles. The second-order valence-electron chi connectivity index (χ2n) is 8.37. The molecule has 0 bridgehead atoms. The van der Waals surface area contributed by atoms with E-state index in [2.05, 4.69) is 27.0 Å². The van der Waals surface area contributed by atoms with Gasteiger partial charge in [-0.25, -0.2) is 4.79 Å². The summed E-state index contributed by atoms with van der Waals surface area (Å²) in [5.41, 5.74) is 6.11. The van der Waals surface area contributed by atoms with Gasteiger partial charge in [-0.1, -0.05) is 45.4 Å². The first-order valence-corrected chi connectivity index (χ1v) is 11.6. The van der Waals surface area contributed by atoms with Crippen LogP contribution in [0.15, 0.2) is 29.4 Å². The second-order valence-corrected chi connectivity index (χ2v) is 9.48. The predicted molar refractivity (Wildman–Crippen MR) is 121 cm³/mol. The molecule has 1 fully saturated rings. The third-order valence-electron chi connectivity index (χ3n) is 5.75. The number of nitrogens with two attached hydrogens (primary N) is 1. The van der Waals surface area contributed by atoms with Crippen molar-refractivity contribution in [3.05, 3.63) is 24.3 Å². The van der Waals surface area contributed by atoms with E-state index in [0.29, 0.717) is 11.1 Å². The molecule has 0 spiro atoms. The number of benzene rings is 1. The standard InChI is InChI=1S/C22H31N5O3S/c1-13(2)18(20(28)24-21(23)29)31-22-26-25-19(15-9-11-16(30-4)12-10-15)27(22)17-8-6-5-7-14(17)3/h9-14,17-18H,5-8H2,1-4H3,(H3,23,24,28,29)/t14-,17+,18+/m1/s1. The number of rotatable bonds is 7. The van der Waals surface area contributed by atoms with Crippen LogP contribution in [0.25, 0.3) is 11.4 Å². The highest BCUT2D eigenvalue weighted by molar-refractivity contribution is 8.00. The highest BCUT2D eigenvalue weighted by Gasteiger charge is 2.32. The van der Waals surface area contributed by atoms with Gasteiger partial charge in [0.1, 0.15) is 5.75 Å². The average molecular weight is 446 g/mol. The number of methoxy groups -OCH3 is 1. The van der Waals surface area contributed by atoms with Crippen molar-refractivity contribution in [2.75, 3.05) is 7.11 Å². The largest absolute Gasteiger partial charge is 0.497 e. The Hall–Kier alpha value is -2.55. The van der Waals surface area contributed by atoms with E-state index in [9.17, 15) is 9.59 Å². The molecular weight excluding hydrogens is 414 g/mol. The monoisotopic (exact) mass is 445 g/mol. The SMILES string of the molecule is COc1ccc(-c2nnc(S[C@H](C(=O)NC(N)=O)C(C)C)n2[C@H]2CCCC[C@H]2C)cc1. The number of carbonyl (C=O) groups is 2. The molecule has 0 radical (unpaired) electrons. The number of thioether (sulfide) groups is 1. The van der Waals surface area contributed by atoms with Gasteiger partial charge in [-0.3, -0.25) is 14.7 Å². The minimum absolute atomic E-state index is 0.0253. The zero-order valence-corrected chi connectivity index (χ0v) is 19.3. The molecule has 3 N–H and O–H groups in total. The van der Waals surface area contributed by atoms with Crippen LogP contribution in [-0.4, -0.2) is 39.1 Å². The van der Waals surface area contributed by atoms with E-state index in [1.165, 1.54) is 18.2 Å². The maximum Gasteiger partial charge on any atom is 0.318 e. The van der Waals surface area contributed by atoms with Crippen LogP contribution in [0, 0.1) is 11.8 Å². The molecule has 1 aliphatic carbocycles. The van der Waals surface area contributed by atoms with E-state index in [-0.39, 0.29) is 12.0 Å². The van der Waals surface area contributed by atoms with Crippen LogP contribution in [-0.2, 0) is 4.79 Å². The lowest BCUT2D eigenvalue weighted by Gasteiger charge is -2.32. The first-order chi connectivity index (χ1) is 14.8. The Labute approximate surface area is 187 Å². The zero-order chi connectivity index (χ0) is 22.5. The van der Waals surface area contributed by atoms with E-state index in [1.807, 2.05) is 38.1 Å². The maximum atomic E-state index is 12.6. The van der Waals surface area contributed by atoms with Crippen LogP contribution in [0.5, 0.6) is 5.75 Å². The highest BCUT2D eigenvalue weighted by atomic mass is 32.2. The van der Waals surface area contributed by atoms with Crippen molar-refractivity contribution < 1.29 is 14.3 Å². The van der Waals surface area contributed by atoms with Crippen molar-refractivity contribution in [2.24, 2.45) is 17.6 Å². The fourth-order valence-electron chi connectivity index (χ4n) is 4.07. The fourth-order valence-corrected chi connectivity index (χ4v) is 5.16. The Balaban J connectivity index is 2.01. The molecule has 1 saturated carbocycles. The summed E-state index contributed by atoms with van der Waals surface area (Å²) in [5, 5.41) is 11.4. The minimum Gasteiger partial charge on any atom is -0.497 e. The van der Waals surface area contributed by atoms with E-state index >= 15 is 0 Å².